The van der Waals surface area contributed by atoms with Crippen LogP contribution in [0.15, 0.2) is 42.5 Å². The maximum atomic E-state index is 14.7. The van der Waals surface area contributed by atoms with Crippen molar-refractivity contribution >= 4 is 40.5 Å². The van der Waals surface area contributed by atoms with E-state index in [2.05, 4.69) is 10.1 Å². The number of carboxylic acid groups (broad SMARTS) is 1. The molecule has 152 valence electrons. The number of hydrogen-bond donors (Lipinski definition) is 1. The molecule has 2 aromatic carbocycles. The van der Waals surface area contributed by atoms with Crippen molar-refractivity contribution in [3.63, 3.8) is 0 Å². The Morgan fingerprint density at radius 1 is 1.10 bits per heavy atom. The second-order valence-corrected chi connectivity index (χ2v) is 8.03. The summed E-state index contributed by atoms with van der Waals surface area (Å²) in [7, 11) is 0. The van der Waals surface area contributed by atoms with E-state index in [1.165, 1.54) is 30.3 Å². The highest BCUT2D eigenvalue weighted by Crippen LogP contribution is 2.35. The molecule has 0 aliphatic heterocycles. The summed E-state index contributed by atoms with van der Waals surface area (Å²) >= 11 is 12.5. The normalized spacial score (nSPS) is 11.1. The Hall–Kier alpha value is -2.81. The smallest absolute Gasteiger partial charge is 0.355 e. The molecule has 0 fully saturated rings. The van der Waals surface area contributed by atoms with Crippen molar-refractivity contribution in [2.45, 2.75) is 6.92 Å². The first-order chi connectivity index (χ1) is 14.3. The van der Waals surface area contributed by atoms with Crippen LogP contribution in [0.3, 0.4) is 0 Å². The molecular weight excluding hydrogens is 455 g/mol. The summed E-state index contributed by atoms with van der Waals surface area (Å²) in [5, 5.41) is 14.0. The number of thiazole rings is 1. The third-order valence-electron chi connectivity index (χ3n) is 4.33. The van der Waals surface area contributed by atoms with E-state index < -0.39 is 16.9 Å². The van der Waals surface area contributed by atoms with Gasteiger partial charge in [0.25, 0.3) is 0 Å². The number of nitrogens with zero attached hydrogens (tertiary/aromatic N) is 3. The lowest BCUT2D eigenvalue weighted by molar-refractivity contribution is 0.0688. The van der Waals surface area contributed by atoms with Gasteiger partial charge in [-0.05, 0) is 36.8 Å². The highest BCUT2D eigenvalue weighted by Gasteiger charge is 2.26. The second kappa shape index (κ2) is 7.79. The van der Waals surface area contributed by atoms with Crippen molar-refractivity contribution in [1.29, 1.82) is 0 Å². The van der Waals surface area contributed by atoms with Crippen LogP contribution in [-0.4, -0.2) is 25.8 Å². The summed E-state index contributed by atoms with van der Waals surface area (Å²) in [6.07, 6.45) is 0. The number of carbonyl (C=O) groups is 1. The number of carboxylic acids is 1. The van der Waals surface area contributed by atoms with Crippen LogP contribution in [0.2, 0.25) is 10.0 Å². The van der Waals surface area contributed by atoms with E-state index in [-0.39, 0.29) is 27.1 Å². The van der Waals surface area contributed by atoms with Gasteiger partial charge in [0.05, 0.1) is 15.7 Å². The fraction of sp³-hybridized carbons (Fsp3) is 0.0500. The quantitative estimate of drug-likeness (QED) is 0.386. The van der Waals surface area contributed by atoms with Gasteiger partial charge in [0, 0.05) is 11.1 Å². The monoisotopic (exact) mass is 465 g/mol. The average Bonchev–Trinajstić information content (AvgIpc) is 3.24. The Balaban J connectivity index is 1.89. The van der Waals surface area contributed by atoms with Gasteiger partial charge >= 0.3 is 5.97 Å². The minimum absolute atomic E-state index is 0.00892. The molecule has 0 saturated heterocycles. The Morgan fingerprint density at radius 2 is 1.87 bits per heavy atom. The van der Waals surface area contributed by atoms with E-state index in [1.807, 2.05) is 0 Å². The largest absolute Gasteiger partial charge is 0.476 e. The first-order valence-electron chi connectivity index (χ1n) is 8.47. The Kier molecular flexibility index (Phi) is 5.31. The summed E-state index contributed by atoms with van der Waals surface area (Å²) < 4.78 is 29.4. The van der Waals surface area contributed by atoms with E-state index in [0.29, 0.717) is 33.2 Å². The van der Waals surface area contributed by atoms with E-state index in [9.17, 15) is 18.7 Å². The van der Waals surface area contributed by atoms with Crippen molar-refractivity contribution in [2.24, 2.45) is 0 Å². The Morgan fingerprint density at radius 3 is 2.53 bits per heavy atom. The van der Waals surface area contributed by atoms with E-state index >= 15 is 0 Å². The zero-order valence-electron chi connectivity index (χ0n) is 15.2. The molecule has 10 heteroatoms. The molecule has 0 unspecified atom stereocenters. The number of hydrogen-bond acceptors (Lipinski definition) is 4. The highest BCUT2D eigenvalue weighted by molar-refractivity contribution is 7.12. The lowest BCUT2D eigenvalue weighted by Gasteiger charge is -2.04. The van der Waals surface area contributed by atoms with Gasteiger partial charge < -0.3 is 5.11 Å². The van der Waals surface area contributed by atoms with Crippen LogP contribution in [0.5, 0.6) is 0 Å². The lowest BCUT2D eigenvalue weighted by Crippen LogP contribution is -2.09. The Bertz CT molecular complexity index is 1300. The van der Waals surface area contributed by atoms with Crippen LogP contribution < -0.4 is 0 Å². The number of aromatic carboxylic acids is 1. The van der Waals surface area contributed by atoms with Crippen LogP contribution in [0.4, 0.5) is 8.78 Å². The zero-order chi connectivity index (χ0) is 21.6. The van der Waals surface area contributed by atoms with Crippen LogP contribution in [-0.2, 0) is 0 Å². The predicted octanol–water partition coefficient (Wildman–Crippen LogP) is 6.25. The molecule has 0 amide bonds. The van der Waals surface area contributed by atoms with Gasteiger partial charge in [0.2, 0.25) is 10.3 Å². The molecule has 0 bridgehead atoms. The highest BCUT2D eigenvalue weighted by atomic mass is 35.5. The maximum Gasteiger partial charge on any atom is 0.355 e. The first-order valence-corrected chi connectivity index (χ1v) is 10.0. The predicted molar refractivity (Wildman–Crippen MR) is 112 cm³/mol. The standard InChI is InChI=1S/C20H11Cl2F2N3O2S/c1-9-15(10-3-2-4-12(23)7-10)17(19(28)29)27(26-9)20-25-16(18(24)30-20)11-5-6-13(21)14(22)8-11/h2-8H,1H3,(H,28,29). The molecule has 30 heavy (non-hydrogen) atoms. The van der Waals surface area contributed by atoms with Gasteiger partial charge in [-0.15, -0.1) is 0 Å². The maximum absolute atomic E-state index is 14.7. The molecule has 0 aliphatic rings. The van der Waals surface area contributed by atoms with Crippen LogP contribution in [0, 0.1) is 17.9 Å². The fourth-order valence-electron chi connectivity index (χ4n) is 3.06. The van der Waals surface area contributed by atoms with Crippen molar-refractivity contribution in [2.75, 3.05) is 0 Å². The molecule has 2 aromatic heterocycles. The third-order valence-corrected chi connectivity index (χ3v) is 5.88. The van der Waals surface area contributed by atoms with Gasteiger partial charge in [0.1, 0.15) is 11.5 Å². The SMILES string of the molecule is Cc1nn(-c2nc(-c3ccc(Cl)c(Cl)c3)c(F)s2)c(C(=O)O)c1-c1cccc(F)c1. The molecule has 2 heterocycles. The molecule has 1 N–H and O–H groups in total. The van der Waals surface area contributed by atoms with E-state index in [1.54, 1.807) is 19.1 Å². The Labute approximate surface area is 183 Å². The summed E-state index contributed by atoms with van der Waals surface area (Å²) in [6, 6.07) is 10.1. The number of rotatable bonds is 4. The topological polar surface area (TPSA) is 68.0 Å². The first kappa shape index (κ1) is 20.5. The van der Waals surface area contributed by atoms with Crippen LogP contribution >= 0.6 is 34.5 Å². The van der Waals surface area contributed by atoms with Gasteiger partial charge in [-0.2, -0.15) is 14.2 Å². The minimum Gasteiger partial charge on any atom is -0.476 e. The molecule has 5 nitrogen and oxygen atoms in total. The average molecular weight is 466 g/mol. The molecule has 4 rings (SSSR count). The summed E-state index contributed by atoms with van der Waals surface area (Å²) in [6.45, 7) is 1.59. The summed E-state index contributed by atoms with van der Waals surface area (Å²) in [5.41, 5.74) is 1.05. The van der Waals surface area contributed by atoms with Gasteiger partial charge in [-0.1, -0.05) is 52.7 Å². The number of aromatic nitrogens is 3. The van der Waals surface area contributed by atoms with Gasteiger partial charge in [-0.25, -0.2) is 14.2 Å². The molecule has 4 aromatic rings. The van der Waals surface area contributed by atoms with Crippen molar-refractivity contribution in [3.05, 3.63) is 74.8 Å². The van der Waals surface area contributed by atoms with E-state index in [4.69, 9.17) is 23.2 Å². The zero-order valence-corrected chi connectivity index (χ0v) is 17.5. The molecule has 0 spiro atoms. The van der Waals surface area contributed by atoms with E-state index in [0.717, 1.165) is 4.68 Å². The van der Waals surface area contributed by atoms with Crippen LogP contribution in [0.1, 0.15) is 16.2 Å². The number of aryl methyl sites for hydroxylation is 1. The molecule has 0 aliphatic carbocycles. The molecule has 0 saturated carbocycles. The van der Waals surface area contributed by atoms with Gasteiger partial charge in [0.15, 0.2) is 5.69 Å². The molecule has 0 radical (unpaired) electrons. The van der Waals surface area contributed by atoms with Crippen LogP contribution in [0.25, 0.3) is 27.5 Å². The second-order valence-electron chi connectivity index (χ2n) is 6.28. The number of benzene rings is 2. The summed E-state index contributed by atoms with van der Waals surface area (Å²) in [5.74, 6) is -1.82. The number of halogens is 4. The fourth-order valence-corrected chi connectivity index (χ4v) is 4.13. The molecular formula is C20H11Cl2F2N3O2S. The lowest BCUT2D eigenvalue weighted by atomic mass is 10.0. The third kappa shape index (κ3) is 3.58. The van der Waals surface area contributed by atoms with Crippen molar-refractivity contribution in [3.8, 4) is 27.5 Å². The minimum atomic E-state index is -1.30. The molecule has 0 atom stereocenters. The van der Waals surface area contributed by atoms with Gasteiger partial charge in [-0.3, -0.25) is 0 Å². The van der Waals surface area contributed by atoms with Crippen molar-refractivity contribution < 1.29 is 18.7 Å². The van der Waals surface area contributed by atoms with Crippen molar-refractivity contribution in [1.82, 2.24) is 14.8 Å². The summed E-state index contributed by atoms with van der Waals surface area (Å²) in [4.78, 5) is 16.3.